The molecule has 1 atom stereocenters. The van der Waals surface area contributed by atoms with Gasteiger partial charge >= 0.3 is 0 Å². The molecule has 0 amide bonds. The van der Waals surface area contributed by atoms with E-state index in [0.717, 1.165) is 55.8 Å². The van der Waals surface area contributed by atoms with Crippen LogP contribution in [0.25, 0.3) is 0 Å². The third-order valence-corrected chi connectivity index (χ3v) is 4.80. The molecular weight excluding hydrogens is 284 g/mol. The quantitative estimate of drug-likeness (QED) is 0.825. The molecule has 23 heavy (non-hydrogen) atoms. The zero-order valence-electron chi connectivity index (χ0n) is 15.0. The predicted molar refractivity (Wildman–Crippen MR) is 98.3 cm³/mol. The molecule has 126 valence electrons. The molecule has 0 saturated heterocycles. The maximum absolute atomic E-state index is 6.28. The number of nitrogens with zero attached hydrogens (tertiary/aromatic N) is 1. The Balaban J connectivity index is 2.43. The second-order valence-corrected chi connectivity index (χ2v) is 6.40. The van der Waals surface area contributed by atoms with E-state index < -0.39 is 0 Å². The lowest BCUT2D eigenvalue weighted by Gasteiger charge is -2.38. The minimum atomic E-state index is -0.0884. The fraction of sp³-hybridized carbons (Fsp3) is 0.550. The second-order valence-electron chi connectivity index (χ2n) is 6.40. The molecule has 0 aromatic heterocycles. The third kappa shape index (κ3) is 4.23. The molecule has 1 aliphatic carbocycles. The Bertz CT molecular complexity index is 603. The minimum absolute atomic E-state index is 0.0884. The number of rotatable bonds is 5. The normalized spacial score (nSPS) is 25.7. The molecule has 3 heteroatoms. The number of hydrogen-bond donors (Lipinski definition) is 1. The average Bonchev–Trinajstić information content (AvgIpc) is 2.55. The highest BCUT2D eigenvalue weighted by molar-refractivity contribution is 6.03. The highest BCUT2D eigenvalue weighted by Gasteiger charge is 2.36. The van der Waals surface area contributed by atoms with Gasteiger partial charge in [0, 0.05) is 24.4 Å². The molecule has 1 unspecified atom stereocenters. The van der Waals surface area contributed by atoms with Crippen LogP contribution >= 0.6 is 0 Å². The first-order chi connectivity index (χ1) is 11.0. The van der Waals surface area contributed by atoms with Gasteiger partial charge in [-0.3, -0.25) is 4.99 Å². The van der Waals surface area contributed by atoms with Gasteiger partial charge in [-0.25, -0.2) is 0 Å². The Labute approximate surface area is 140 Å². The fourth-order valence-electron chi connectivity index (χ4n) is 3.35. The minimum Gasteiger partial charge on any atom is -0.402 e. The van der Waals surface area contributed by atoms with Crippen molar-refractivity contribution in [1.82, 2.24) is 0 Å². The van der Waals surface area contributed by atoms with Crippen LogP contribution in [0.3, 0.4) is 0 Å². The molecule has 0 aliphatic heterocycles. The molecule has 2 rings (SSSR count). The van der Waals surface area contributed by atoms with Gasteiger partial charge in [0.1, 0.15) is 0 Å². The van der Waals surface area contributed by atoms with E-state index in [1.807, 2.05) is 0 Å². The highest BCUT2D eigenvalue weighted by atomic mass is 16.5. The summed E-state index contributed by atoms with van der Waals surface area (Å²) in [4.78, 5) is 4.95. The topological polar surface area (TPSA) is 47.6 Å². The first-order valence-corrected chi connectivity index (χ1v) is 8.79. The zero-order chi connectivity index (χ0) is 16.9. The van der Waals surface area contributed by atoms with Crippen LogP contribution in [0.15, 0.2) is 40.5 Å². The molecule has 1 aromatic carbocycles. The molecule has 1 aliphatic rings. The Hall–Kier alpha value is -1.61. The SMILES string of the molecule is CCOC1(CC)CC/C(=C(/N)CC)C(=Nc2cccc(C)c2)C1. The molecule has 1 fully saturated rings. The van der Waals surface area contributed by atoms with Gasteiger partial charge in [0.15, 0.2) is 0 Å². The molecule has 2 N–H and O–H groups in total. The molecule has 0 spiro atoms. The van der Waals surface area contributed by atoms with Crippen molar-refractivity contribution in [1.29, 1.82) is 0 Å². The van der Waals surface area contributed by atoms with Gasteiger partial charge in [0.2, 0.25) is 0 Å². The van der Waals surface area contributed by atoms with E-state index in [-0.39, 0.29) is 5.60 Å². The van der Waals surface area contributed by atoms with Crippen LogP contribution in [0.2, 0.25) is 0 Å². The summed E-state index contributed by atoms with van der Waals surface area (Å²) in [7, 11) is 0. The van der Waals surface area contributed by atoms with Crippen molar-refractivity contribution in [2.45, 2.75) is 65.4 Å². The van der Waals surface area contributed by atoms with Gasteiger partial charge in [-0.15, -0.1) is 0 Å². The summed E-state index contributed by atoms with van der Waals surface area (Å²) in [6, 6.07) is 8.33. The Morgan fingerprint density at radius 2 is 2.09 bits per heavy atom. The van der Waals surface area contributed by atoms with Crippen molar-refractivity contribution in [3.8, 4) is 0 Å². The standard InChI is InChI=1S/C20H30N2O/c1-5-18(21)17-11-12-20(6-2,23-7-3)14-19(17)22-16-10-8-9-15(4)13-16/h8-10,13H,5-7,11-12,14,21H2,1-4H3/b18-17-,22-19?. The summed E-state index contributed by atoms with van der Waals surface area (Å²) in [5.41, 5.74) is 11.7. The van der Waals surface area contributed by atoms with Crippen molar-refractivity contribution in [2.75, 3.05) is 6.61 Å². The van der Waals surface area contributed by atoms with Crippen LogP contribution < -0.4 is 5.73 Å². The van der Waals surface area contributed by atoms with Crippen LogP contribution in [0.4, 0.5) is 5.69 Å². The smallest absolute Gasteiger partial charge is 0.0738 e. The van der Waals surface area contributed by atoms with E-state index in [0.29, 0.717) is 0 Å². The Morgan fingerprint density at radius 3 is 2.70 bits per heavy atom. The van der Waals surface area contributed by atoms with E-state index in [2.05, 4.69) is 52.0 Å². The van der Waals surface area contributed by atoms with Gasteiger partial charge < -0.3 is 10.5 Å². The van der Waals surface area contributed by atoms with Crippen LogP contribution in [0, 0.1) is 6.92 Å². The van der Waals surface area contributed by atoms with Gasteiger partial charge in [0.05, 0.1) is 11.3 Å². The summed E-state index contributed by atoms with van der Waals surface area (Å²) >= 11 is 0. The van der Waals surface area contributed by atoms with E-state index >= 15 is 0 Å². The first-order valence-electron chi connectivity index (χ1n) is 8.79. The van der Waals surface area contributed by atoms with Crippen LogP contribution in [0.5, 0.6) is 0 Å². The summed E-state index contributed by atoms with van der Waals surface area (Å²) in [6.45, 7) is 9.22. The third-order valence-electron chi connectivity index (χ3n) is 4.80. The summed E-state index contributed by atoms with van der Waals surface area (Å²) in [6.07, 6.45) is 4.71. The summed E-state index contributed by atoms with van der Waals surface area (Å²) in [5.74, 6) is 0. The number of nitrogens with two attached hydrogens (primary N) is 1. The maximum atomic E-state index is 6.28. The Kier molecular flexibility index (Phi) is 6.00. The number of hydrogen-bond acceptors (Lipinski definition) is 3. The van der Waals surface area contributed by atoms with Crippen LogP contribution in [-0.2, 0) is 4.74 Å². The molecule has 1 saturated carbocycles. The molecule has 0 bridgehead atoms. The van der Waals surface area contributed by atoms with E-state index in [1.165, 1.54) is 11.1 Å². The largest absolute Gasteiger partial charge is 0.402 e. The number of ether oxygens (including phenoxy) is 1. The molecule has 0 heterocycles. The predicted octanol–water partition coefficient (Wildman–Crippen LogP) is 5.06. The lowest BCUT2D eigenvalue weighted by atomic mass is 9.78. The van der Waals surface area contributed by atoms with Crippen LogP contribution in [-0.4, -0.2) is 17.9 Å². The Morgan fingerprint density at radius 1 is 1.30 bits per heavy atom. The van der Waals surface area contributed by atoms with Crippen molar-refractivity contribution in [2.24, 2.45) is 10.7 Å². The van der Waals surface area contributed by atoms with Gasteiger partial charge in [-0.05, 0) is 62.8 Å². The van der Waals surface area contributed by atoms with Crippen molar-refractivity contribution in [3.63, 3.8) is 0 Å². The van der Waals surface area contributed by atoms with Gasteiger partial charge in [-0.2, -0.15) is 0 Å². The van der Waals surface area contributed by atoms with Gasteiger partial charge in [-0.1, -0.05) is 26.0 Å². The van der Waals surface area contributed by atoms with E-state index in [4.69, 9.17) is 15.5 Å². The molecular formula is C20H30N2O. The molecule has 3 nitrogen and oxygen atoms in total. The fourth-order valence-corrected chi connectivity index (χ4v) is 3.35. The molecule has 0 radical (unpaired) electrons. The van der Waals surface area contributed by atoms with Crippen LogP contribution in [0.1, 0.15) is 58.4 Å². The van der Waals surface area contributed by atoms with Crippen molar-refractivity contribution < 1.29 is 4.74 Å². The maximum Gasteiger partial charge on any atom is 0.0738 e. The number of allylic oxidation sites excluding steroid dienone is 2. The molecule has 1 aromatic rings. The lowest BCUT2D eigenvalue weighted by molar-refractivity contribution is -0.0453. The van der Waals surface area contributed by atoms with Crippen molar-refractivity contribution >= 4 is 11.4 Å². The van der Waals surface area contributed by atoms with E-state index in [1.54, 1.807) is 0 Å². The monoisotopic (exact) mass is 314 g/mol. The second kappa shape index (κ2) is 7.78. The average molecular weight is 314 g/mol. The number of benzene rings is 1. The lowest BCUT2D eigenvalue weighted by Crippen LogP contribution is -2.39. The highest BCUT2D eigenvalue weighted by Crippen LogP contribution is 2.37. The first kappa shape index (κ1) is 17.7. The number of aliphatic imine (C=N–C) groups is 1. The zero-order valence-corrected chi connectivity index (χ0v) is 15.0. The number of aryl methyl sites for hydroxylation is 1. The van der Waals surface area contributed by atoms with E-state index in [9.17, 15) is 0 Å². The van der Waals surface area contributed by atoms with Crippen molar-refractivity contribution in [3.05, 3.63) is 41.1 Å². The summed E-state index contributed by atoms with van der Waals surface area (Å²) in [5, 5.41) is 0. The summed E-state index contributed by atoms with van der Waals surface area (Å²) < 4.78 is 6.13. The van der Waals surface area contributed by atoms with Gasteiger partial charge in [0.25, 0.3) is 0 Å².